The number of carboxylic acid groups (broad SMARTS) is 1. The lowest BCUT2D eigenvalue weighted by Gasteiger charge is -2.32. The molecule has 5 nitrogen and oxygen atoms in total. The number of ether oxygens (including phenoxy) is 1. The third-order valence-corrected chi connectivity index (χ3v) is 5.82. The highest BCUT2D eigenvalue weighted by Crippen LogP contribution is 2.44. The van der Waals surface area contributed by atoms with Gasteiger partial charge in [0.25, 0.3) is 0 Å². The zero-order valence-electron chi connectivity index (χ0n) is 18.2. The summed E-state index contributed by atoms with van der Waals surface area (Å²) in [5, 5.41) is 9.82. The van der Waals surface area contributed by atoms with E-state index in [4.69, 9.17) is 4.74 Å². The number of hydrogen-bond acceptors (Lipinski definition) is 3. The third kappa shape index (κ3) is 4.31. The molecule has 33 heavy (non-hydrogen) atoms. The lowest BCUT2D eigenvalue weighted by atomic mass is 9.98. The largest absolute Gasteiger partial charge is 0.479 e. The van der Waals surface area contributed by atoms with Gasteiger partial charge in [-0.05, 0) is 53.8 Å². The topological polar surface area (TPSA) is 66.8 Å². The second kappa shape index (κ2) is 9.02. The van der Waals surface area contributed by atoms with E-state index in [0.29, 0.717) is 6.07 Å². The van der Waals surface area contributed by atoms with Gasteiger partial charge in [0.1, 0.15) is 18.2 Å². The maximum absolute atomic E-state index is 13.8. The second-order valence-corrected chi connectivity index (χ2v) is 8.25. The van der Waals surface area contributed by atoms with Gasteiger partial charge >= 0.3 is 12.1 Å². The molecule has 0 heterocycles. The number of benzene rings is 3. The number of carbonyl (C=O) groups is 2. The standard InChI is InChI=1S/C26H23F2NO4/c1-15(2)29(24(25(30)31)16-11-17(27)13-18(28)12-16)26(32)33-14-23-21-9-5-3-7-19(21)20-8-4-6-10-22(20)23/h3-13,15,23-24H,14H2,1-2H3,(H,30,31). The fourth-order valence-electron chi connectivity index (χ4n) is 4.44. The Bertz CT molecular complexity index is 1140. The summed E-state index contributed by atoms with van der Waals surface area (Å²) in [5.41, 5.74) is 3.98. The Kier molecular flexibility index (Phi) is 6.14. The maximum Gasteiger partial charge on any atom is 0.411 e. The molecule has 0 aliphatic heterocycles. The van der Waals surface area contributed by atoms with Crippen molar-refractivity contribution in [3.05, 3.63) is 95.1 Å². The molecule has 0 spiro atoms. The number of halogens is 2. The van der Waals surface area contributed by atoms with E-state index in [1.54, 1.807) is 13.8 Å². The van der Waals surface area contributed by atoms with E-state index in [2.05, 4.69) is 0 Å². The van der Waals surface area contributed by atoms with E-state index in [1.807, 2.05) is 48.5 Å². The molecule has 1 atom stereocenters. The van der Waals surface area contributed by atoms with Crippen LogP contribution in [0.3, 0.4) is 0 Å². The number of carbonyl (C=O) groups excluding carboxylic acids is 1. The van der Waals surface area contributed by atoms with Crippen LogP contribution in [0.4, 0.5) is 13.6 Å². The number of aliphatic carboxylic acids is 1. The fourth-order valence-corrected chi connectivity index (χ4v) is 4.44. The Morgan fingerprint density at radius 2 is 1.45 bits per heavy atom. The predicted octanol–water partition coefficient (Wildman–Crippen LogP) is 5.75. The molecule has 0 aromatic heterocycles. The lowest BCUT2D eigenvalue weighted by Crippen LogP contribution is -2.44. The first kappa shape index (κ1) is 22.5. The van der Waals surface area contributed by atoms with Gasteiger partial charge in [0.15, 0.2) is 6.04 Å². The Balaban J connectivity index is 1.61. The molecule has 3 aromatic rings. The van der Waals surface area contributed by atoms with Gasteiger partial charge in [-0.1, -0.05) is 48.5 Å². The van der Waals surface area contributed by atoms with Crippen LogP contribution in [0.15, 0.2) is 66.7 Å². The highest BCUT2D eigenvalue weighted by atomic mass is 19.1. The van der Waals surface area contributed by atoms with Gasteiger partial charge in [-0.15, -0.1) is 0 Å². The molecule has 1 unspecified atom stereocenters. The van der Waals surface area contributed by atoms with E-state index < -0.39 is 35.8 Å². The first-order valence-corrected chi connectivity index (χ1v) is 10.6. The number of hydrogen-bond donors (Lipinski definition) is 1. The minimum atomic E-state index is -1.61. The minimum absolute atomic E-state index is 0.0000685. The average Bonchev–Trinajstić information content (AvgIpc) is 3.08. The number of carboxylic acids is 1. The molecule has 4 rings (SSSR count). The molecule has 0 saturated carbocycles. The first-order valence-electron chi connectivity index (χ1n) is 10.6. The summed E-state index contributed by atoms with van der Waals surface area (Å²) in [6.45, 7) is 3.24. The van der Waals surface area contributed by atoms with Crippen molar-refractivity contribution in [1.82, 2.24) is 4.90 Å². The van der Waals surface area contributed by atoms with Crippen LogP contribution in [0, 0.1) is 11.6 Å². The highest BCUT2D eigenvalue weighted by molar-refractivity contribution is 5.82. The molecule has 0 fully saturated rings. The molecule has 1 aliphatic carbocycles. The van der Waals surface area contributed by atoms with E-state index in [9.17, 15) is 23.5 Å². The van der Waals surface area contributed by atoms with Crippen LogP contribution in [0.2, 0.25) is 0 Å². The summed E-state index contributed by atoms with van der Waals surface area (Å²) in [7, 11) is 0. The molecule has 1 N–H and O–H groups in total. The van der Waals surface area contributed by atoms with Crippen molar-refractivity contribution in [2.24, 2.45) is 0 Å². The smallest absolute Gasteiger partial charge is 0.411 e. The lowest BCUT2D eigenvalue weighted by molar-refractivity contribution is -0.143. The Labute approximate surface area is 190 Å². The average molecular weight is 451 g/mol. The summed E-state index contributed by atoms with van der Waals surface area (Å²) >= 11 is 0. The zero-order valence-corrected chi connectivity index (χ0v) is 18.2. The molecule has 1 aliphatic rings. The normalized spacial score (nSPS) is 13.4. The summed E-state index contributed by atoms with van der Waals surface area (Å²) in [6, 6.07) is 16.0. The van der Waals surface area contributed by atoms with Crippen molar-refractivity contribution >= 4 is 12.1 Å². The molecular weight excluding hydrogens is 428 g/mol. The van der Waals surface area contributed by atoms with Crippen LogP contribution >= 0.6 is 0 Å². The van der Waals surface area contributed by atoms with Gasteiger partial charge in [0, 0.05) is 18.0 Å². The van der Waals surface area contributed by atoms with Gasteiger partial charge < -0.3 is 9.84 Å². The predicted molar refractivity (Wildman–Crippen MR) is 119 cm³/mol. The molecule has 1 amide bonds. The van der Waals surface area contributed by atoms with Crippen molar-refractivity contribution in [2.75, 3.05) is 6.61 Å². The monoisotopic (exact) mass is 451 g/mol. The van der Waals surface area contributed by atoms with E-state index in [1.165, 1.54) is 0 Å². The number of fused-ring (bicyclic) bond motifs is 3. The zero-order chi connectivity index (χ0) is 23.7. The fraction of sp³-hybridized carbons (Fsp3) is 0.231. The Hall–Kier alpha value is -3.74. The maximum atomic E-state index is 13.8. The number of rotatable bonds is 6. The van der Waals surface area contributed by atoms with Crippen molar-refractivity contribution in [2.45, 2.75) is 31.8 Å². The summed E-state index contributed by atoms with van der Waals surface area (Å²) in [5.74, 6) is -3.47. The molecule has 0 bridgehead atoms. The summed E-state index contributed by atoms with van der Waals surface area (Å²) in [6.07, 6.45) is -0.871. The van der Waals surface area contributed by atoms with E-state index in [-0.39, 0.29) is 18.1 Å². The SMILES string of the molecule is CC(C)N(C(=O)OCC1c2ccccc2-c2ccccc21)C(C(=O)O)c1cc(F)cc(F)c1. The van der Waals surface area contributed by atoms with Crippen LogP contribution in [0.25, 0.3) is 11.1 Å². The Morgan fingerprint density at radius 1 is 0.939 bits per heavy atom. The number of nitrogens with zero attached hydrogens (tertiary/aromatic N) is 1. The van der Waals surface area contributed by atoms with Crippen LogP contribution < -0.4 is 0 Å². The van der Waals surface area contributed by atoms with Crippen molar-refractivity contribution in [3.8, 4) is 11.1 Å². The van der Waals surface area contributed by atoms with Gasteiger partial charge in [-0.25, -0.2) is 18.4 Å². The van der Waals surface area contributed by atoms with Crippen LogP contribution in [0.1, 0.15) is 42.5 Å². The summed E-state index contributed by atoms with van der Waals surface area (Å²) < 4.78 is 33.2. The molecule has 3 aromatic carbocycles. The van der Waals surface area contributed by atoms with Gasteiger partial charge in [0.2, 0.25) is 0 Å². The minimum Gasteiger partial charge on any atom is -0.479 e. The van der Waals surface area contributed by atoms with E-state index in [0.717, 1.165) is 39.3 Å². The van der Waals surface area contributed by atoms with Crippen molar-refractivity contribution in [1.29, 1.82) is 0 Å². The summed E-state index contributed by atoms with van der Waals surface area (Å²) in [4.78, 5) is 26.2. The van der Waals surface area contributed by atoms with Gasteiger partial charge in [-0.2, -0.15) is 0 Å². The molecule has 7 heteroatoms. The van der Waals surface area contributed by atoms with E-state index >= 15 is 0 Å². The third-order valence-electron chi connectivity index (χ3n) is 5.82. The van der Waals surface area contributed by atoms with Crippen LogP contribution in [0.5, 0.6) is 0 Å². The van der Waals surface area contributed by atoms with Crippen LogP contribution in [-0.2, 0) is 9.53 Å². The molecule has 0 saturated heterocycles. The molecule has 170 valence electrons. The van der Waals surface area contributed by atoms with Crippen LogP contribution in [-0.4, -0.2) is 34.7 Å². The number of amides is 1. The molecule has 0 radical (unpaired) electrons. The quantitative estimate of drug-likeness (QED) is 0.518. The van der Waals surface area contributed by atoms with Crippen molar-refractivity contribution < 1.29 is 28.2 Å². The Morgan fingerprint density at radius 3 is 1.94 bits per heavy atom. The van der Waals surface area contributed by atoms with Gasteiger partial charge in [0.05, 0.1) is 0 Å². The second-order valence-electron chi connectivity index (χ2n) is 8.25. The highest BCUT2D eigenvalue weighted by Gasteiger charge is 2.36. The first-order chi connectivity index (χ1) is 15.8. The van der Waals surface area contributed by atoms with Crippen molar-refractivity contribution in [3.63, 3.8) is 0 Å². The van der Waals surface area contributed by atoms with Gasteiger partial charge in [-0.3, -0.25) is 4.90 Å². The molecular formula is C26H23F2NO4.